The minimum atomic E-state index is -0.0965. The van der Waals surface area contributed by atoms with Gasteiger partial charge in [-0.2, -0.15) is 0 Å². The van der Waals surface area contributed by atoms with Crippen LogP contribution in [0, 0.1) is 13.8 Å². The number of benzene rings is 2. The third-order valence-corrected chi connectivity index (χ3v) is 4.75. The normalized spacial score (nSPS) is 10.6. The zero-order valence-electron chi connectivity index (χ0n) is 13.3. The summed E-state index contributed by atoms with van der Waals surface area (Å²) in [6.07, 6.45) is 0.321. The van der Waals surface area contributed by atoms with Crippen LogP contribution in [0.2, 0.25) is 5.02 Å². The molecular weight excluding hydrogens is 342 g/mol. The lowest BCUT2D eigenvalue weighted by Gasteiger charge is -2.06. The number of aryl methyl sites for hydroxylation is 2. The first-order valence-corrected chi connectivity index (χ1v) is 8.66. The quantitative estimate of drug-likeness (QED) is 0.739. The summed E-state index contributed by atoms with van der Waals surface area (Å²) in [5.74, 6) is -0.0965. The summed E-state index contributed by atoms with van der Waals surface area (Å²) in [6, 6.07) is 13.4. The maximum absolute atomic E-state index is 12.2. The van der Waals surface area contributed by atoms with E-state index in [0.717, 1.165) is 21.7 Å². The van der Waals surface area contributed by atoms with Gasteiger partial charge in [-0.05, 0) is 37.1 Å². The molecule has 3 aromatic rings. The van der Waals surface area contributed by atoms with Crippen LogP contribution in [0.4, 0.5) is 5.13 Å². The second-order valence-electron chi connectivity index (χ2n) is 5.57. The molecule has 0 aliphatic heterocycles. The average Bonchev–Trinajstić information content (AvgIpc) is 2.99. The molecule has 4 nitrogen and oxygen atoms in total. The highest BCUT2D eigenvalue weighted by atomic mass is 35.5. The highest BCUT2D eigenvalue weighted by Crippen LogP contribution is 2.27. The third-order valence-electron chi connectivity index (χ3n) is 3.61. The molecule has 0 fully saturated rings. The number of anilines is 1. The topological polar surface area (TPSA) is 54.9 Å². The Morgan fingerprint density at radius 1 is 1.12 bits per heavy atom. The number of halogens is 1. The fraction of sp³-hybridized carbons (Fsp3) is 0.167. The van der Waals surface area contributed by atoms with Gasteiger partial charge in [-0.3, -0.25) is 4.79 Å². The minimum Gasteiger partial charge on any atom is -0.300 e. The van der Waals surface area contributed by atoms with E-state index in [4.69, 9.17) is 11.6 Å². The zero-order chi connectivity index (χ0) is 17.1. The summed E-state index contributed by atoms with van der Waals surface area (Å²) in [5, 5.41) is 12.9. The smallest absolute Gasteiger partial charge is 0.230 e. The fourth-order valence-corrected chi connectivity index (χ4v) is 3.25. The Balaban J connectivity index is 1.68. The number of amides is 1. The number of carbonyl (C=O) groups excluding carboxylic acids is 1. The Bertz CT molecular complexity index is 874. The number of hydrogen-bond donors (Lipinski definition) is 1. The molecule has 2 aromatic carbocycles. The molecule has 0 radical (unpaired) electrons. The van der Waals surface area contributed by atoms with Crippen molar-refractivity contribution in [3.05, 3.63) is 64.2 Å². The van der Waals surface area contributed by atoms with Crippen LogP contribution in [0.15, 0.2) is 42.5 Å². The van der Waals surface area contributed by atoms with Crippen LogP contribution >= 0.6 is 22.9 Å². The van der Waals surface area contributed by atoms with Crippen molar-refractivity contribution in [3.63, 3.8) is 0 Å². The fourth-order valence-electron chi connectivity index (χ4n) is 2.36. The van der Waals surface area contributed by atoms with E-state index in [2.05, 4.69) is 21.6 Å². The van der Waals surface area contributed by atoms with Crippen LogP contribution in [0.3, 0.4) is 0 Å². The number of hydrogen-bond acceptors (Lipinski definition) is 4. The van der Waals surface area contributed by atoms with Gasteiger partial charge in [0.1, 0.15) is 5.01 Å². The maximum Gasteiger partial charge on any atom is 0.230 e. The van der Waals surface area contributed by atoms with Crippen molar-refractivity contribution in [2.75, 3.05) is 5.32 Å². The molecule has 1 aromatic heterocycles. The van der Waals surface area contributed by atoms with Crippen LogP contribution in [-0.4, -0.2) is 16.1 Å². The number of carbonyl (C=O) groups is 1. The molecule has 0 aliphatic carbocycles. The van der Waals surface area contributed by atoms with Gasteiger partial charge in [0.25, 0.3) is 0 Å². The summed E-state index contributed by atoms with van der Waals surface area (Å²) in [7, 11) is 0. The predicted molar refractivity (Wildman–Crippen MR) is 98.6 cm³/mol. The Morgan fingerprint density at radius 2 is 1.88 bits per heavy atom. The van der Waals surface area contributed by atoms with E-state index in [1.807, 2.05) is 38.1 Å². The first-order valence-electron chi connectivity index (χ1n) is 7.47. The first kappa shape index (κ1) is 16.6. The van der Waals surface area contributed by atoms with Gasteiger partial charge in [-0.25, -0.2) is 0 Å². The van der Waals surface area contributed by atoms with Gasteiger partial charge in [0, 0.05) is 10.6 Å². The summed E-state index contributed by atoms with van der Waals surface area (Å²) in [5.41, 5.74) is 4.24. The van der Waals surface area contributed by atoms with Crippen molar-refractivity contribution in [3.8, 4) is 10.6 Å². The Hall–Kier alpha value is -2.24. The molecule has 0 bridgehead atoms. The van der Waals surface area contributed by atoms with E-state index in [1.54, 1.807) is 12.1 Å². The molecule has 1 N–H and O–H groups in total. The molecule has 24 heavy (non-hydrogen) atoms. The Labute approximate surface area is 149 Å². The number of aromatic nitrogens is 2. The predicted octanol–water partition coefficient (Wildman–Crippen LogP) is 4.66. The Kier molecular flexibility index (Phi) is 4.92. The zero-order valence-corrected chi connectivity index (χ0v) is 14.9. The lowest BCUT2D eigenvalue weighted by atomic mass is 10.0. The molecular formula is C18H16ClN3OS. The molecule has 0 atom stereocenters. The molecule has 1 heterocycles. The van der Waals surface area contributed by atoms with Gasteiger partial charge in [-0.15, -0.1) is 10.2 Å². The molecule has 1 amide bonds. The highest BCUT2D eigenvalue weighted by molar-refractivity contribution is 7.18. The SMILES string of the molecule is Cc1ccc(CC(=O)Nc2nnc(-c3ccc(Cl)cc3)s2)c(C)c1. The summed E-state index contributed by atoms with van der Waals surface area (Å²) >= 11 is 7.22. The number of nitrogens with zero attached hydrogens (tertiary/aromatic N) is 2. The van der Waals surface area contributed by atoms with E-state index in [-0.39, 0.29) is 5.91 Å². The van der Waals surface area contributed by atoms with Crippen molar-refractivity contribution in [1.82, 2.24) is 10.2 Å². The van der Waals surface area contributed by atoms with Crippen molar-refractivity contribution in [1.29, 1.82) is 0 Å². The van der Waals surface area contributed by atoms with E-state index in [0.29, 0.717) is 16.6 Å². The van der Waals surface area contributed by atoms with E-state index >= 15 is 0 Å². The summed E-state index contributed by atoms with van der Waals surface area (Å²) < 4.78 is 0. The molecule has 0 spiro atoms. The van der Waals surface area contributed by atoms with Crippen molar-refractivity contribution in [2.45, 2.75) is 20.3 Å². The van der Waals surface area contributed by atoms with Gasteiger partial charge >= 0.3 is 0 Å². The lowest BCUT2D eigenvalue weighted by molar-refractivity contribution is -0.115. The van der Waals surface area contributed by atoms with Crippen LogP contribution in [0.1, 0.15) is 16.7 Å². The number of nitrogens with one attached hydrogen (secondary N) is 1. The standard InChI is InChI=1S/C18H16ClN3OS/c1-11-3-4-14(12(2)9-11)10-16(23)20-18-22-21-17(24-18)13-5-7-15(19)8-6-13/h3-9H,10H2,1-2H3,(H,20,22,23). The molecule has 0 saturated carbocycles. The highest BCUT2D eigenvalue weighted by Gasteiger charge is 2.11. The molecule has 6 heteroatoms. The molecule has 3 rings (SSSR count). The minimum absolute atomic E-state index is 0.0965. The van der Waals surface area contributed by atoms with Crippen LogP contribution in [0.5, 0.6) is 0 Å². The van der Waals surface area contributed by atoms with E-state index < -0.39 is 0 Å². The van der Waals surface area contributed by atoms with Crippen LogP contribution in [-0.2, 0) is 11.2 Å². The third kappa shape index (κ3) is 3.99. The molecule has 0 saturated heterocycles. The number of rotatable bonds is 4. The monoisotopic (exact) mass is 357 g/mol. The van der Waals surface area contributed by atoms with Crippen LogP contribution in [0.25, 0.3) is 10.6 Å². The average molecular weight is 358 g/mol. The molecule has 122 valence electrons. The van der Waals surface area contributed by atoms with Crippen molar-refractivity contribution >= 4 is 34.0 Å². The van der Waals surface area contributed by atoms with Gasteiger partial charge in [0.15, 0.2) is 0 Å². The first-order chi connectivity index (χ1) is 11.5. The van der Waals surface area contributed by atoms with Crippen molar-refractivity contribution < 1.29 is 4.79 Å². The second kappa shape index (κ2) is 7.11. The second-order valence-corrected chi connectivity index (χ2v) is 6.99. The van der Waals surface area contributed by atoms with Crippen LogP contribution < -0.4 is 5.32 Å². The van der Waals surface area contributed by atoms with E-state index in [9.17, 15) is 4.79 Å². The lowest BCUT2D eigenvalue weighted by Crippen LogP contribution is -2.14. The molecule has 0 aliphatic rings. The van der Waals surface area contributed by atoms with Gasteiger partial charge in [0.2, 0.25) is 11.0 Å². The van der Waals surface area contributed by atoms with Crippen molar-refractivity contribution in [2.24, 2.45) is 0 Å². The largest absolute Gasteiger partial charge is 0.300 e. The summed E-state index contributed by atoms with van der Waals surface area (Å²) in [4.78, 5) is 12.2. The van der Waals surface area contributed by atoms with E-state index in [1.165, 1.54) is 16.9 Å². The van der Waals surface area contributed by atoms with Gasteiger partial charge in [-0.1, -0.05) is 58.8 Å². The Morgan fingerprint density at radius 3 is 2.58 bits per heavy atom. The van der Waals surface area contributed by atoms with Gasteiger partial charge in [0.05, 0.1) is 6.42 Å². The summed E-state index contributed by atoms with van der Waals surface area (Å²) in [6.45, 7) is 4.05. The van der Waals surface area contributed by atoms with Gasteiger partial charge < -0.3 is 5.32 Å². The maximum atomic E-state index is 12.2. The molecule has 0 unspecified atom stereocenters.